The zero-order chi connectivity index (χ0) is 11.9. The summed E-state index contributed by atoms with van der Waals surface area (Å²) in [5, 5.41) is 10.1. The third kappa shape index (κ3) is 1.39. The molecule has 0 spiro atoms. The quantitative estimate of drug-likeness (QED) is 0.740. The Morgan fingerprint density at radius 3 is 1.72 bits per heavy atom. The van der Waals surface area contributed by atoms with E-state index in [1.807, 2.05) is 24.3 Å². The molecule has 0 saturated heterocycles. The highest BCUT2D eigenvalue weighted by atomic mass is 32.9. The SMILES string of the molecule is c1cnc2c(c1)N=NS2=S1N=Nc2cccnc21. The standard InChI is InChI=1S/C10H6N6S2/c1-3-7-9(11-5-1)17(15-13-7)18-10-8(14-16-18)4-2-6-12-10/h1-6H. The van der Waals surface area contributed by atoms with Crippen molar-refractivity contribution in [3.8, 4) is 0 Å². The lowest BCUT2D eigenvalue weighted by Gasteiger charge is -2.00. The van der Waals surface area contributed by atoms with Crippen molar-refractivity contribution in [2.45, 2.75) is 10.1 Å². The Labute approximate surface area is 107 Å². The molecule has 0 radical (unpaired) electrons. The first-order valence-electron chi connectivity index (χ1n) is 5.16. The Bertz CT molecular complexity index is 688. The van der Waals surface area contributed by atoms with Crippen molar-refractivity contribution in [2.75, 3.05) is 0 Å². The predicted octanol–water partition coefficient (Wildman–Crippen LogP) is 3.07. The summed E-state index contributed by atoms with van der Waals surface area (Å²) in [5.74, 6) is 0. The minimum Gasteiger partial charge on any atom is -0.246 e. The Hall–Kier alpha value is -1.80. The molecule has 4 rings (SSSR count). The third-order valence-corrected chi connectivity index (χ3v) is 6.72. The largest absolute Gasteiger partial charge is 0.246 e. The van der Waals surface area contributed by atoms with Crippen molar-refractivity contribution < 1.29 is 0 Å². The van der Waals surface area contributed by atoms with Gasteiger partial charge in [0.1, 0.15) is 21.4 Å². The molecule has 2 aromatic rings. The summed E-state index contributed by atoms with van der Waals surface area (Å²) >= 11 is 0. The first-order valence-corrected chi connectivity index (χ1v) is 8.04. The van der Waals surface area contributed by atoms with E-state index in [0.29, 0.717) is 0 Å². The van der Waals surface area contributed by atoms with Gasteiger partial charge in [-0.1, -0.05) is 0 Å². The van der Waals surface area contributed by atoms with Crippen molar-refractivity contribution in [3.63, 3.8) is 0 Å². The maximum Gasteiger partial charge on any atom is 0.148 e. The fourth-order valence-corrected chi connectivity index (χ4v) is 5.67. The summed E-state index contributed by atoms with van der Waals surface area (Å²) in [6.45, 7) is 0. The lowest BCUT2D eigenvalue weighted by Crippen LogP contribution is -1.96. The van der Waals surface area contributed by atoms with Gasteiger partial charge < -0.3 is 0 Å². The topological polar surface area (TPSA) is 75.2 Å². The molecule has 6 nitrogen and oxygen atoms in total. The van der Waals surface area contributed by atoms with Gasteiger partial charge in [0.25, 0.3) is 0 Å². The lowest BCUT2D eigenvalue weighted by atomic mass is 10.4. The number of pyridine rings is 2. The summed E-state index contributed by atoms with van der Waals surface area (Å²) in [6.07, 6.45) is 3.51. The molecule has 4 heterocycles. The molecular weight excluding hydrogens is 268 g/mol. The number of aromatic nitrogens is 2. The van der Waals surface area contributed by atoms with Crippen LogP contribution in [-0.4, -0.2) is 9.97 Å². The molecule has 8 heteroatoms. The highest BCUT2D eigenvalue weighted by molar-refractivity contribution is 8.43. The molecule has 2 aromatic heterocycles. The molecule has 0 N–H and O–H groups in total. The van der Waals surface area contributed by atoms with Gasteiger partial charge in [-0.05, 0) is 24.3 Å². The van der Waals surface area contributed by atoms with Gasteiger partial charge in [-0.25, -0.2) is 9.97 Å². The van der Waals surface area contributed by atoms with Crippen LogP contribution in [0.5, 0.6) is 0 Å². The summed E-state index contributed by atoms with van der Waals surface area (Å²) in [7, 11) is -0.974. The third-order valence-electron chi connectivity index (χ3n) is 2.43. The van der Waals surface area contributed by atoms with Crippen LogP contribution in [0.4, 0.5) is 11.4 Å². The van der Waals surface area contributed by atoms with Crippen LogP contribution in [0.1, 0.15) is 0 Å². The molecule has 2 aliphatic heterocycles. The molecular formula is C10H6N6S2. The van der Waals surface area contributed by atoms with Gasteiger partial charge in [0, 0.05) is 12.4 Å². The molecule has 18 heavy (non-hydrogen) atoms. The normalized spacial score (nSPS) is 23.1. The molecule has 2 unspecified atom stereocenters. The smallest absolute Gasteiger partial charge is 0.148 e. The number of hydrogen-bond acceptors (Lipinski definition) is 4. The van der Waals surface area contributed by atoms with Gasteiger partial charge in [0.05, 0.1) is 19.3 Å². The Morgan fingerprint density at radius 1 is 0.722 bits per heavy atom. The highest BCUT2D eigenvalue weighted by Crippen LogP contribution is 2.36. The molecule has 0 aliphatic carbocycles. The van der Waals surface area contributed by atoms with Crippen LogP contribution in [-0.2, 0) is 19.3 Å². The second kappa shape index (κ2) is 3.85. The molecule has 0 aromatic carbocycles. The first-order chi connectivity index (χ1) is 8.93. The molecule has 2 aliphatic rings. The van der Waals surface area contributed by atoms with E-state index in [0.717, 1.165) is 21.4 Å². The summed E-state index contributed by atoms with van der Waals surface area (Å²) < 4.78 is 8.59. The summed E-state index contributed by atoms with van der Waals surface area (Å²) in [4.78, 5) is 8.72. The van der Waals surface area contributed by atoms with E-state index in [9.17, 15) is 0 Å². The van der Waals surface area contributed by atoms with Crippen LogP contribution in [0.25, 0.3) is 0 Å². The molecule has 88 valence electrons. The molecule has 0 bridgehead atoms. The Balaban J connectivity index is 1.99. The Morgan fingerprint density at radius 2 is 1.22 bits per heavy atom. The number of fused-ring (bicyclic) bond motifs is 2. The minimum absolute atomic E-state index is 0.487. The lowest BCUT2D eigenvalue weighted by molar-refractivity contribution is 1.13. The summed E-state index contributed by atoms with van der Waals surface area (Å²) in [6, 6.07) is 7.54. The monoisotopic (exact) mass is 274 g/mol. The average molecular weight is 274 g/mol. The second-order valence-corrected chi connectivity index (χ2v) is 7.51. The van der Waals surface area contributed by atoms with Crippen LogP contribution in [0.15, 0.2) is 66.0 Å². The van der Waals surface area contributed by atoms with Crippen molar-refractivity contribution in [1.29, 1.82) is 0 Å². The molecule has 0 amide bonds. The van der Waals surface area contributed by atoms with Crippen LogP contribution in [0.3, 0.4) is 0 Å². The van der Waals surface area contributed by atoms with E-state index in [1.54, 1.807) is 12.4 Å². The van der Waals surface area contributed by atoms with Gasteiger partial charge in [0.2, 0.25) is 0 Å². The van der Waals surface area contributed by atoms with Crippen LogP contribution >= 0.6 is 0 Å². The zero-order valence-corrected chi connectivity index (χ0v) is 10.6. The van der Waals surface area contributed by atoms with Crippen molar-refractivity contribution in [1.82, 2.24) is 9.97 Å². The number of nitrogens with zero attached hydrogens (tertiary/aromatic N) is 6. The van der Waals surface area contributed by atoms with E-state index in [4.69, 9.17) is 0 Å². The molecule has 2 atom stereocenters. The van der Waals surface area contributed by atoms with Gasteiger partial charge in [-0.3, -0.25) is 0 Å². The van der Waals surface area contributed by atoms with Gasteiger partial charge >= 0.3 is 0 Å². The Kier molecular flexibility index (Phi) is 2.17. The number of hydrogen-bond donors (Lipinski definition) is 0. The van der Waals surface area contributed by atoms with Gasteiger partial charge in [-0.2, -0.15) is 0 Å². The molecule has 0 saturated carbocycles. The molecule has 0 fully saturated rings. The van der Waals surface area contributed by atoms with Crippen LogP contribution < -0.4 is 0 Å². The average Bonchev–Trinajstić information content (AvgIpc) is 3.01. The van der Waals surface area contributed by atoms with Crippen molar-refractivity contribution >= 4 is 30.7 Å². The minimum atomic E-state index is -0.487. The fourth-order valence-electron chi connectivity index (χ4n) is 1.64. The van der Waals surface area contributed by atoms with Crippen LogP contribution in [0, 0.1) is 0 Å². The summed E-state index contributed by atoms with van der Waals surface area (Å²) in [5.41, 5.74) is 1.65. The fraction of sp³-hybridized carbons (Fsp3) is 0. The van der Waals surface area contributed by atoms with E-state index in [1.165, 1.54) is 0 Å². The maximum absolute atomic E-state index is 4.36. The maximum atomic E-state index is 4.36. The highest BCUT2D eigenvalue weighted by Gasteiger charge is 2.24. The first kappa shape index (κ1) is 10.2. The van der Waals surface area contributed by atoms with Gasteiger partial charge in [-0.15, -0.1) is 19.3 Å². The van der Waals surface area contributed by atoms with E-state index < -0.39 is 19.3 Å². The number of rotatable bonds is 0. The van der Waals surface area contributed by atoms with E-state index in [-0.39, 0.29) is 0 Å². The second-order valence-electron chi connectivity index (χ2n) is 3.52. The van der Waals surface area contributed by atoms with E-state index in [2.05, 4.69) is 29.2 Å². The van der Waals surface area contributed by atoms with Crippen LogP contribution in [0.2, 0.25) is 0 Å². The van der Waals surface area contributed by atoms with Crippen molar-refractivity contribution in [2.24, 2.45) is 19.3 Å². The van der Waals surface area contributed by atoms with E-state index >= 15 is 0 Å². The van der Waals surface area contributed by atoms with Crippen molar-refractivity contribution in [3.05, 3.63) is 36.7 Å². The zero-order valence-electron chi connectivity index (χ0n) is 8.96. The predicted molar refractivity (Wildman–Crippen MR) is 68.8 cm³/mol. The van der Waals surface area contributed by atoms with Gasteiger partial charge in [0.15, 0.2) is 0 Å².